The summed E-state index contributed by atoms with van der Waals surface area (Å²) in [6.07, 6.45) is 2.57. The van der Waals surface area contributed by atoms with Crippen molar-refractivity contribution in [1.82, 2.24) is 14.8 Å². The topological polar surface area (TPSA) is 66.2 Å². The van der Waals surface area contributed by atoms with Gasteiger partial charge in [0.2, 0.25) is 0 Å². The fraction of sp³-hybridized carbons (Fsp3) is 0.286. The van der Waals surface area contributed by atoms with Crippen LogP contribution in [-0.4, -0.2) is 34.1 Å². The Kier molecular flexibility index (Phi) is 8.91. The molecule has 1 unspecified atom stereocenters. The highest BCUT2D eigenvalue weighted by molar-refractivity contribution is 9.09. The van der Waals surface area contributed by atoms with Crippen LogP contribution in [0.2, 0.25) is 0 Å². The lowest BCUT2D eigenvalue weighted by molar-refractivity contribution is 0.219. The van der Waals surface area contributed by atoms with Crippen LogP contribution in [0.15, 0.2) is 97.3 Å². The molecule has 0 aliphatic carbocycles. The van der Waals surface area contributed by atoms with Gasteiger partial charge in [-0.2, -0.15) is 5.10 Å². The first-order valence-corrected chi connectivity index (χ1v) is 14.8. The molecule has 1 atom stereocenters. The Morgan fingerprint density at radius 3 is 1.69 bits per heavy atom. The Bertz CT molecular complexity index is 1160. The molecule has 36 heavy (non-hydrogen) atoms. The Labute approximate surface area is 221 Å². The minimum atomic E-state index is -3.16. The van der Waals surface area contributed by atoms with Crippen LogP contribution in [0, 0.1) is 0 Å². The van der Waals surface area contributed by atoms with Crippen LogP contribution in [0.1, 0.15) is 47.6 Å². The van der Waals surface area contributed by atoms with Gasteiger partial charge in [-0.1, -0.05) is 107 Å². The minimum absolute atomic E-state index is 0.215. The maximum Gasteiger partial charge on any atom is 0.330 e. The lowest BCUT2D eigenvalue weighted by Crippen LogP contribution is -2.38. The van der Waals surface area contributed by atoms with Crippen molar-refractivity contribution in [2.24, 2.45) is 0 Å². The molecular weight excluding hydrogens is 537 g/mol. The average molecular weight is 568 g/mol. The molecule has 0 saturated carbocycles. The van der Waals surface area contributed by atoms with Crippen LogP contribution in [0.4, 0.5) is 0 Å². The molecule has 0 aliphatic rings. The molecule has 0 radical (unpaired) electrons. The van der Waals surface area contributed by atoms with Crippen LogP contribution < -0.4 is 0 Å². The van der Waals surface area contributed by atoms with Gasteiger partial charge in [0.25, 0.3) is 0 Å². The first kappa shape index (κ1) is 26.5. The number of hydrogen-bond donors (Lipinski definition) is 0. The third-order valence-corrected chi connectivity index (χ3v) is 8.99. The normalized spacial score (nSPS) is 13.0. The summed E-state index contributed by atoms with van der Waals surface area (Å²) in [5.74, 6) is 0.613. The van der Waals surface area contributed by atoms with Gasteiger partial charge in [0.15, 0.2) is 5.82 Å². The highest BCUT2D eigenvalue weighted by Gasteiger charge is 2.40. The molecule has 0 saturated heterocycles. The number of hydrogen-bond acceptors (Lipinski definition) is 5. The molecule has 0 spiro atoms. The summed E-state index contributed by atoms with van der Waals surface area (Å²) >= 11 is 3.72. The average Bonchev–Trinajstić information content (AvgIpc) is 3.41. The first-order chi connectivity index (χ1) is 17.5. The van der Waals surface area contributed by atoms with Gasteiger partial charge in [-0.15, -0.1) is 0 Å². The molecule has 0 amide bonds. The summed E-state index contributed by atoms with van der Waals surface area (Å²) in [5.41, 5.74) is 2.49. The molecule has 4 rings (SSSR count). The first-order valence-electron chi connectivity index (χ1n) is 12.1. The predicted molar refractivity (Wildman–Crippen MR) is 147 cm³/mol. The van der Waals surface area contributed by atoms with E-state index in [0.29, 0.717) is 25.5 Å². The monoisotopic (exact) mass is 567 g/mol. The van der Waals surface area contributed by atoms with E-state index >= 15 is 0 Å². The zero-order valence-corrected chi connectivity index (χ0v) is 23.0. The Hall–Kier alpha value is -2.57. The number of benzene rings is 3. The predicted octanol–water partition coefficient (Wildman–Crippen LogP) is 7.21. The van der Waals surface area contributed by atoms with Crippen LogP contribution in [-0.2, 0) is 19.2 Å². The highest BCUT2D eigenvalue weighted by Crippen LogP contribution is 2.50. The second-order valence-electron chi connectivity index (χ2n) is 8.28. The van der Waals surface area contributed by atoms with E-state index in [0.717, 1.165) is 16.7 Å². The van der Waals surface area contributed by atoms with Crippen molar-refractivity contribution in [2.75, 3.05) is 19.4 Å². The van der Waals surface area contributed by atoms with Crippen molar-refractivity contribution in [1.29, 1.82) is 0 Å². The molecule has 6 nitrogen and oxygen atoms in total. The van der Waals surface area contributed by atoms with Gasteiger partial charge in [-0.05, 0) is 37.0 Å². The molecule has 4 aromatic rings. The van der Waals surface area contributed by atoms with Gasteiger partial charge in [-0.3, -0.25) is 4.57 Å². The van der Waals surface area contributed by atoms with Crippen molar-refractivity contribution < 1.29 is 13.6 Å². The third kappa shape index (κ3) is 5.55. The molecule has 188 valence electrons. The Balaban J connectivity index is 1.77. The number of nitrogens with zero attached hydrogens (tertiary/aromatic N) is 3. The number of alkyl halides is 1. The Morgan fingerprint density at radius 1 is 0.833 bits per heavy atom. The quantitative estimate of drug-likeness (QED) is 0.103. The standard InChI is InChI=1S/C28H31BrN3O3P/c1-3-34-36(33,35-4-2)21-20-26(29)27-30-22-32(31-27)28(23-14-8-5-9-15-23,24-16-10-6-11-17-24)25-18-12-7-13-19-25/h5-19,22,26H,3-4,20-21H2,1-2H3. The third-order valence-electron chi connectivity index (χ3n) is 6.02. The zero-order valence-electron chi connectivity index (χ0n) is 20.5. The van der Waals surface area contributed by atoms with E-state index in [9.17, 15) is 4.57 Å². The van der Waals surface area contributed by atoms with Gasteiger partial charge in [-0.25, -0.2) is 9.67 Å². The van der Waals surface area contributed by atoms with E-state index in [1.807, 2.05) is 73.1 Å². The largest absolute Gasteiger partial charge is 0.330 e. The molecule has 8 heteroatoms. The van der Waals surface area contributed by atoms with Crippen LogP contribution in [0.3, 0.4) is 0 Å². The van der Waals surface area contributed by atoms with Crippen molar-refractivity contribution in [3.8, 4) is 0 Å². The highest BCUT2D eigenvalue weighted by atomic mass is 79.9. The molecule has 3 aromatic carbocycles. The summed E-state index contributed by atoms with van der Waals surface area (Å²) < 4.78 is 25.8. The summed E-state index contributed by atoms with van der Waals surface area (Å²) in [5, 5.41) is 4.99. The van der Waals surface area contributed by atoms with Gasteiger partial charge < -0.3 is 9.05 Å². The van der Waals surface area contributed by atoms with E-state index in [-0.39, 0.29) is 11.0 Å². The van der Waals surface area contributed by atoms with Crippen molar-refractivity contribution in [3.63, 3.8) is 0 Å². The SMILES string of the molecule is CCOP(=O)(CCC(Br)c1ncn(C(c2ccccc2)(c2ccccc2)c2ccccc2)n1)OCC. The van der Waals surface area contributed by atoms with Crippen molar-refractivity contribution in [3.05, 3.63) is 120 Å². The molecule has 1 aromatic heterocycles. The van der Waals surface area contributed by atoms with Gasteiger partial charge in [0.05, 0.1) is 24.2 Å². The fourth-order valence-corrected chi connectivity index (χ4v) is 6.96. The molecular formula is C28H31BrN3O3P. The van der Waals surface area contributed by atoms with Crippen LogP contribution in [0.25, 0.3) is 0 Å². The number of halogens is 1. The maximum atomic E-state index is 13.0. The molecule has 0 fully saturated rings. The smallest absolute Gasteiger partial charge is 0.309 e. The lowest BCUT2D eigenvalue weighted by Gasteiger charge is -2.35. The van der Waals surface area contributed by atoms with E-state index in [2.05, 4.69) is 57.3 Å². The lowest BCUT2D eigenvalue weighted by atomic mass is 9.77. The molecule has 0 bridgehead atoms. The van der Waals surface area contributed by atoms with E-state index in [4.69, 9.17) is 14.1 Å². The number of aromatic nitrogens is 3. The second-order valence-corrected chi connectivity index (χ2v) is 11.6. The fourth-order valence-electron chi connectivity index (χ4n) is 4.48. The van der Waals surface area contributed by atoms with Gasteiger partial charge in [0.1, 0.15) is 11.9 Å². The van der Waals surface area contributed by atoms with E-state index < -0.39 is 13.1 Å². The molecule has 1 heterocycles. The Morgan fingerprint density at radius 2 is 1.28 bits per heavy atom. The maximum absolute atomic E-state index is 13.0. The van der Waals surface area contributed by atoms with Gasteiger partial charge in [0, 0.05) is 0 Å². The molecule has 0 N–H and O–H groups in total. The summed E-state index contributed by atoms with van der Waals surface area (Å²) in [7, 11) is -3.16. The van der Waals surface area contributed by atoms with E-state index in [1.54, 1.807) is 6.33 Å². The summed E-state index contributed by atoms with van der Waals surface area (Å²) in [6, 6.07) is 31.0. The van der Waals surface area contributed by atoms with Crippen molar-refractivity contribution >= 4 is 23.5 Å². The minimum Gasteiger partial charge on any atom is -0.309 e. The van der Waals surface area contributed by atoms with E-state index in [1.165, 1.54) is 0 Å². The second kappa shape index (κ2) is 12.1. The van der Waals surface area contributed by atoms with Crippen LogP contribution >= 0.6 is 23.5 Å². The zero-order chi connectivity index (χ0) is 25.4. The summed E-state index contributed by atoms with van der Waals surface area (Å²) in [4.78, 5) is 4.47. The van der Waals surface area contributed by atoms with Crippen LogP contribution in [0.5, 0.6) is 0 Å². The molecule has 0 aliphatic heterocycles. The van der Waals surface area contributed by atoms with Crippen molar-refractivity contribution in [2.45, 2.75) is 30.6 Å². The number of rotatable bonds is 12. The summed E-state index contributed by atoms with van der Waals surface area (Å²) in [6.45, 7) is 4.31. The van der Waals surface area contributed by atoms with Gasteiger partial charge >= 0.3 is 7.60 Å².